The first-order valence-electron chi connectivity index (χ1n) is 6.81. The summed E-state index contributed by atoms with van der Waals surface area (Å²) in [5, 5.41) is 3.69. The van der Waals surface area contributed by atoms with E-state index in [1.54, 1.807) is 12.1 Å². The molecule has 0 saturated carbocycles. The topological polar surface area (TPSA) is 45.5 Å². The van der Waals surface area contributed by atoms with Crippen LogP contribution in [0.4, 0.5) is 0 Å². The van der Waals surface area contributed by atoms with Crippen molar-refractivity contribution in [1.82, 2.24) is 10.2 Å². The average Bonchev–Trinajstić information content (AvgIpc) is 2.98. The number of nitrogens with one attached hydrogen (secondary N) is 1. The molecule has 0 aliphatic rings. The molecule has 1 atom stereocenters. The van der Waals surface area contributed by atoms with E-state index in [9.17, 15) is 4.79 Å². The average molecular weight is 307 g/mol. The monoisotopic (exact) mass is 306 g/mol. The normalized spacial score (nSPS) is 12.4. The van der Waals surface area contributed by atoms with E-state index >= 15 is 0 Å². The van der Waals surface area contributed by atoms with Gasteiger partial charge in [-0.3, -0.25) is 4.79 Å². The Kier molecular flexibility index (Phi) is 5.42. The third-order valence-corrected chi connectivity index (χ3v) is 3.44. The van der Waals surface area contributed by atoms with E-state index in [-0.39, 0.29) is 11.9 Å². The zero-order valence-corrected chi connectivity index (χ0v) is 12.9. The predicted molar refractivity (Wildman–Crippen MR) is 83.5 cm³/mol. The Hall–Kier alpha value is -1.78. The molecule has 112 valence electrons. The molecule has 0 fully saturated rings. The summed E-state index contributed by atoms with van der Waals surface area (Å²) in [6.45, 7) is 0.867. The minimum atomic E-state index is -0.210. The highest BCUT2D eigenvalue weighted by Crippen LogP contribution is 2.20. The Morgan fingerprint density at radius 2 is 2.00 bits per heavy atom. The second-order valence-corrected chi connectivity index (χ2v) is 5.58. The van der Waals surface area contributed by atoms with Crippen molar-refractivity contribution in [3.8, 4) is 0 Å². The van der Waals surface area contributed by atoms with Gasteiger partial charge in [-0.25, -0.2) is 0 Å². The molecule has 0 aliphatic carbocycles. The number of carbonyl (C=O) groups is 1. The maximum absolute atomic E-state index is 12.2. The molecule has 21 heavy (non-hydrogen) atoms. The van der Waals surface area contributed by atoms with Gasteiger partial charge in [-0.15, -0.1) is 0 Å². The fourth-order valence-electron chi connectivity index (χ4n) is 2.04. The van der Waals surface area contributed by atoms with Gasteiger partial charge in [0, 0.05) is 5.02 Å². The van der Waals surface area contributed by atoms with Crippen LogP contribution in [0.5, 0.6) is 0 Å². The molecule has 1 unspecified atom stereocenters. The second-order valence-electron chi connectivity index (χ2n) is 5.15. The predicted octanol–water partition coefficient (Wildman–Crippen LogP) is 3.36. The first-order chi connectivity index (χ1) is 10.1. The van der Waals surface area contributed by atoms with E-state index in [0.29, 0.717) is 10.8 Å². The maximum atomic E-state index is 12.2. The quantitative estimate of drug-likeness (QED) is 0.890. The molecule has 1 amide bonds. The van der Waals surface area contributed by atoms with Crippen LogP contribution < -0.4 is 5.32 Å². The summed E-state index contributed by atoms with van der Waals surface area (Å²) < 4.78 is 5.13. The Balaban J connectivity index is 2.11. The molecular weight excluding hydrogens is 288 g/mol. The number of furan rings is 1. The lowest BCUT2D eigenvalue weighted by Crippen LogP contribution is -2.30. The SMILES string of the molecule is CN(C)CCC(NC(=O)c1ccco1)c1ccc(Cl)cc1. The molecule has 0 bridgehead atoms. The molecule has 1 heterocycles. The first kappa shape index (κ1) is 15.6. The fourth-order valence-corrected chi connectivity index (χ4v) is 2.17. The summed E-state index contributed by atoms with van der Waals surface area (Å²) in [5.74, 6) is 0.109. The minimum absolute atomic E-state index is 0.0812. The van der Waals surface area contributed by atoms with Crippen molar-refractivity contribution in [2.75, 3.05) is 20.6 Å². The van der Waals surface area contributed by atoms with E-state index in [0.717, 1.165) is 18.5 Å². The number of amides is 1. The molecule has 0 aliphatic heterocycles. The van der Waals surface area contributed by atoms with Crippen molar-refractivity contribution in [2.24, 2.45) is 0 Å². The summed E-state index contributed by atoms with van der Waals surface area (Å²) >= 11 is 5.92. The van der Waals surface area contributed by atoms with Gasteiger partial charge < -0.3 is 14.6 Å². The summed E-state index contributed by atoms with van der Waals surface area (Å²) in [4.78, 5) is 14.2. The molecule has 1 N–H and O–H groups in total. The lowest BCUT2D eigenvalue weighted by molar-refractivity contribution is 0.0904. The lowest BCUT2D eigenvalue weighted by Gasteiger charge is -2.21. The summed E-state index contributed by atoms with van der Waals surface area (Å²) in [7, 11) is 4.01. The van der Waals surface area contributed by atoms with E-state index in [4.69, 9.17) is 16.0 Å². The van der Waals surface area contributed by atoms with Crippen molar-refractivity contribution < 1.29 is 9.21 Å². The Bertz CT molecular complexity index is 564. The fraction of sp³-hybridized carbons (Fsp3) is 0.312. The minimum Gasteiger partial charge on any atom is -0.459 e. The van der Waals surface area contributed by atoms with Crippen LogP contribution in [0.15, 0.2) is 47.1 Å². The molecule has 1 aromatic carbocycles. The van der Waals surface area contributed by atoms with Crippen LogP contribution in [0.25, 0.3) is 0 Å². The molecule has 0 spiro atoms. The van der Waals surface area contributed by atoms with Crippen LogP contribution in [0.3, 0.4) is 0 Å². The molecule has 1 aromatic heterocycles. The molecule has 2 rings (SSSR count). The van der Waals surface area contributed by atoms with Gasteiger partial charge in [-0.05, 0) is 56.9 Å². The number of hydrogen-bond donors (Lipinski definition) is 1. The number of hydrogen-bond acceptors (Lipinski definition) is 3. The highest BCUT2D eigenvalue weighted by molar-refractivity contribution is 6.30. The number of rotatable bonds is 6. The van der Waals surface area contributed by atoms with Crippen molar-refractivity contribution >= 4 is 17.5 Å². The van der Waals surface area contributed by atoms with E-state index in [1.165, 1.54) is 6.26 Å². The second kappa shape index (κ2) is 7.29. The maximum Gasteiger partial charge on any atom is 0.287 e. The van der Waals surface area contributed by atoms with Gasteiger partial charge in [0.05, 0.1) is 12.3 Å². The van der Waals surface area contributed by atoms with E-state index in [1.807, 2.05) is 38.4 Å². The molecule has 4 nitrogen and oxygen atoms in total. The van der Waals surface area contributed by atoms with Crippen molar-refractivity contribution in [3.05, 3.63) is 59.0 Å². The van der Waals surface area contributed by atoms with Gasteiger partial charge >= 0.3 is 0 Å². The Labute approximate surface area is 129 Å². The Morgan fingerprint density at radius 3 is 2.57 bits per heavy atom. The van der Waals surface area contributed by atoms with Crippen LogP contribution >= 0.6 is 11.6 Å². The largest absolute Gasteiger partial charge is 0.459 e. The van der Waals surface area contributed by atoms with Gasteiger partial charge in [0.2, 0.25) is 0 Å². The Morgan fingerprint density at radius 1 is 1.29 bits per heavy atom. The van der Waals surface area contributed by atoms with Gasteiger partial charge in [0.1, 0.15) is 0 Å². The van der Waals surface area contributed by atoms with Gasteiger partial charge in [0.15, 0.2) is 5.76 Å². The van der Waals surface area contributed by atoms with Gasteiger partial charge in [-0.2, -0.15) is 0 Å². The van der Waals surface area contributed by atoms with Crippen LogP contribution in [-0.2, 0) is 0 Å². The molecule has 5 heteroatoms. The smallest absolute Gasteiger partial charge is 0.287 e. The molecule has 0 radical (unpaired) electrons. The third kappa shape index (κ3) is 4.62. The standard InChI is InChI=1S/C16H19ClN2O2/c1-19(2)10-9-14(12-5-7-13(17)8-6-12)18-16(20)15-4-3-11-21-15/h3-8,11,14H,9-10H2,1-2H3,(H,18,20). The zero-order chi connectivity index (χ0) is 15.2. The molecular formula is C16H19ClN2O2. The van der Waals surface area contributed by atoms with Crippen molar-refractivity contribution in [1.29, 1.82) is 0 Å². The van der Waals surface area contributed by atoms with Gasteiger partial charge in [0.25, 0.3) is 5.91 Å². The van der Waals surface area contributed by atoms with Crippen molar-refractivity contribution in [2.45, 2.75) is 12.5 Å². The number of carbonyl (C=O) groups excluding carboxylic acids is 1. The summed E-state index contributed by atoms with van der Waals surface area (Å²) in [6, 6.07) is 10.8. The van der Waals surface area contributed by atoms with E-state index < -0.39 is 0 Å². The number of benzene rings is 1. The van der Waals surface area contributed by atoms with Gasteiger partial charge in [-0.1, -0.05) is 23.7 Å². The van der Waals surface area contributed by atoms with Crippen LogP contribution in [0, 0.1) is 0 Å². The third-order valence-electron chi connectivity index (χ3n) is 3.19. The van der Waals surface area contributed by atoms with Crippen LogP contribution in [0.1, 0.15) is 28.6 Å². The highest BCUT2D eigenvalue weighted by Gasteiger charge is 2.17. The van der Waals surface area contributed by atoms with Crippen LogP contribution in [0.2, 0.25) is 5.02 Å². The summed E-state index contributed by atoms with van der Waals surface area (Å²) in [6.07, 6.45) is 2.30. The molecule has 2 aromatic rings. The van der Waals surface area contributed by atoms with Crippen molar-refractivity contribution in [3.63, 3.8) is 0 Å². The lowest BCUT2D eigenvalue weighted by atomic mass is 10.0. The number of halogens is 1. The zero-order valence-electron chi connectivity index (χ0n) is 12.2. The van der Waals surface area contributed by atoms with Crippen LogP contribution in [-0.4, -0.2) is 31.4 Å². The highest BCUT2D eigenvalue weighted by atomic mass is 35.5. The first-order valence-corrected chi connectivity index (χ1v) is 7.18. The van der Waals surface area contributed by atoms with E-state index in [2.05, 4.69) is 10.2 Å². The number of nitrogens with zero attached hydrogens (tertiary/aromatic N) is 1. The molecule has 0 saturated heterocycles. The summed E-state index contributed by atoms with van der Waals surface area (Å²) in [5.41, 5.74) is 1.03.